The summed E-state index contributed by atoms with van der Waals surface area (Å²) in [6, 6.07) is 0. The van der Waals surface area contributed by atoms with Crippen molar-refractivity contribution < 1.29 is 58.1 Å². The van der Waals surface area contributed by atoms with Gasteiger partial charge >= 0.3 is 0 Å². The second-order valence-electron chi connectivity index (χ2n) is 24.5. The van der Waals surface area contributed by atoms with Crippen LogP contribution in [0.25, 0.3) is 0 Å². The van der Waals surface area contributed by atoms with E-state index in [1.165, 1.54) is 13.8 Å². The Balaban J connectivity index is 1.11. The van der Waals surface area contributed by atoms with E-state index >= 15 is 9.59 Å². The van der Waals surface area contributed by atoms with Crippen LogP contribution in [0.3, 0.4) is 0 Å². The minimum atomic E-state index is -1.80. The van der Waals surface area contributed by atoms with E-state index in [9.17, 15) is 20.1 Å². The Morgan fingerprint density at radius 2 is 1.60 bits per heavy atom. The Morgan fingerprint density at radius 3 is 2.27 bits per heavy atom. The fraction of sp³-hybridized carbons (Fsp3) is 0.820. The van der Waals surface area contributed by atoms with Crippen LogP contribution in [-0.2, 0) is 42.8 Å². The van der Waals surface area contributed by atoms with Crippen LogP contribution >= 0.6 is 0 Å². The maximum Gasteiger partial charge on any atom is 0.213 e. The van der Waals surface area contributed by atoms with Crippen molar-refractivity contribution in [3.05, 3.63) is 35.6 Å². The number of fused-ring (bicyclic) bond motifs is 2. The van der Waals surface area contributed by atoms with Gasteiger partial charge in [0.25, 0.3) is 0 Å². The number of aliphatic hydroxyl groups is 3. The number of ketones is 3. The number of carbonyl (C=O) groups excluding carboxylic acids is 3. The zero-order chi connectivity index (χ0) is 44.8. The van der Waals surface area contributed by atoms with E-state index in [1.807, 2.05) is 20.8 Å². The number of ether oxygens (including phenoxy) is 6. The quantitative estimate of drug-likeness (QED) is 0.163. The predicted octanol–water partition coefficient (Wildman–Crippen LogP) is 6.38. The minimum absolute atomic E-state index is 0.0394. The van der Waals surface area contributed by atoms with Gasteiger partial charge in [-0.15, -0.1) is 0 Å². The molecular formula is C50H68O12. The molecule has 5 saturated heterocycles. The Kier molecular flexibility index (Phi) is 8.06. The molecule has 0 aromatic heterocycles. The highest BCUT2D eigenvalue weighted by atomic mass is 16.8. The molecule has 2 unspecified atom stereocenters. The van der Waals surface area contributed by atoms with Gasteiger partial charge in [-0.2, -0.15) is 0 Å². The lowest BCUT2D eigenvalue weighted by atomic mass is 9.35. The second kappa shape index (κ2) is 11.8. The maximum atomic E-state index is 16.8. The van der Waals surface area contributed by atoms with E-state index in [0.29, 0.717) is 62.7 Å². The summed E-state index contributed by atoms with van der Waals surface area (Å²) in [6.07, 6.45) is 0.367. The SMILES string of the molecule is C=C1CC[C@@H]2[C@](C(C)=O)(C1)C[C@@]1(OC(C)(C)O)O[C@@H](C)[C@]23C(=O)[C@@]2(CCC4=C(O2)[C@@]25CO[C@]6(OC(C)(C)OC7[C@H]8CC[C@@H]2C76C(=O)C8=C)[C@@H](O)[C@@H]5C(C)(C)C4)CC(C)(C)[C@H]3[C@@H]1O. The molecule has 13 rings (SSSR count). The summed E-state index contributed by atoms with van der Waals surface area (Å²) in [5.41, 5.74) is -5.27. The largest absolute Gasteiger partial charge is 0.483 e. The van der Waals surface area contributed by atoms with Crippen molar-refractivity contribution >= 4 is 17.3 Å². The molecule has 13 aliphatic rings. The lowest BCUT2D eigenvalue weighted by molar-refractivity contribution is -0.527. The third-order valence-corrected chi connectivity index (χ3v) is 19.4. The van der Waals surface area contributed by atoms with Crippen LogP contribution in [0.15, 0.2) is 35.6 Å². The van der Waals surface area contributed by atoms with Crippen LogP contribution in [0, 0.1) is 62.1 Å². The summed E-state index contributed by atoms with van der Waals surface area (Å²) in [4.78, 5) is 46.5. The van der Waals surface area contributed by atoms with Crippen molar-refractivity contribution in [2.45, 2.75) is 187 Å². The molecule has 0 radical (unpaired) electrons. The topological polar surface area (TPSA) is 167 Å². The summed E-state index contributed by atoms with van der Waals surface area (Å²) >= 11 is 0. The summed E-state index contributed by atoms with van der Waals surface area (Å²) in [7, 11) is 0. The molecule has 0 aromatic carbocycles. The third kappa shape index (κ3) is 4.43. The van der Waals surface area contributed by atoms with Crippen LogP contribution in [0.1, 0.15) is 133 Å². The van der Waals surface area contributed by atoms with Crippen molar-refractivity contribution in [2.24, 2.45) is 62.1 Å². The van der Waals surface area contributed by atoms with Crippen LogP contribution in [0.2, 0.25) is 0 Å². The molecule has 16 atom stereocenters. The Hall–Kier alpha value is -2.29. The summed E-state index contributed by atoms with van der Waals surface area (Å²) in [6.45, 7) is 27.5. The van der Waals surface area contributed by atoms with Crippen molar-refractivity contribution in [1.29, 1.82) is 0 Å². The molecule has 12 nitrogen and oxygen atoms in total. The van der Waals surface area contributed by atoms with Gasteiger partial charge in [-0.1, -0.05) is 46.4 Å². The number of carbonyl (C=O) groups is 3. The summed E-state index contributed by atoms with van der Waals surface area (Å²) < 4.78 is 41.9. The standard InChI is InChI=1S/C50H68O12/c1-24-13-15-30-44(19-24,26(3)51)22-47(61-42(9,10)56)35(53)33-41(7,8)21-45(39(55)48(30,33)27(4)58-47)18-17-28-20-40(5,6)32-36(54)50-49-31(46(32,23-57-50)37(28)60-45)16-14-29(25(2)34(49)52)38(49)59-43(11,12)62-50/h27,29-33,35-36,38,53-54,56H,1-2,13-23H2,3-12H3/t27-,29-,30+,31-,32+,33+,35-,36-,38?,44+,45+,46-,47-,48-,49?,50-/m0/s1. The molecule has 6 heterocycles. The van der Waals surface area contributed by atoms with Crippen LogP contribution < -0.4 is 0 Å². The fourth-order valence-corrected chi connectivity index (χ4v) is 18.4. The smallest absolute Gasteiger partial charge is 0.213 e. The number of aliphatic hydroxyl groups excluding tert-OH is 2. The summed E-state index contributed by atoms with van der Waals surface area (Å²) in [5.74, 6) is -8.62. The first-order valence-corrected chi connectivity index (χ1v) is 23.5. The molecule has 62 heavy (non-hydrogen) atoms. The van der Waals surface area contributed by atoms with Crippen LogP contribution in [0.4, 0.5) is 0 Å². The van der Waals surface area contributed by atoms with E-state index in [0.717, 1.165) is 11.1 Å². The van der Waals surface area contributed by atoms with Gasteiger partial charge in [-0.05, 0) is 133 Å². The predicted molar refractivity (Wildman–Crippen MR) is 222 cm³/mol. The van der Waals surface area contributed by atoms with Gasteiger partial charge < -0.3 is 43.7 Å². The Bertz CT molecular complexity index is 2180. The first-order valence-electron chi connectivity index (χ1n) is 23.5. The molecule has 5 spiro atoms. The van der Waals surface area contributed by atoms with Gasteiger partial charge in [0, 0.05) is 29.6 Å². The fourth-order valence-electron chi connectivity index (χ4n) is 18.4. The molecule has 340 valence electrons. The molecule has 6 aliphatic heterocycles. The van der Waals surface area contributed by atoms with Crippen molar-refractivity contribution in [3.8, 4) is 0 Å². The van der Waals surface area contributed by atoms with Gasteiger partial charge in [-0.25, -0.2) is 0 Å². The number of rotatable bonds is 3. The lowest BCUT2D eigenvalue weighted by Gasteiger charge is -2.77. The number of allylic oxidation sites excluding steroid dienone is 2. The average molecular weight is 861 g/mol. The van der Waals surface area contributed by atoms with Gasteiger partial charge in [0.1, 0.15) is 29.2 Å². The molecule has 6 saturated carbocycles. The van der Waals surface area contributed by atoms with Crippen molar-refractivity contribution in [2.75, 3.05) is 6.61 Å². The number of hydrogen-bond donors (Lipinski definition) is 3. The maximum absolute atomic E-state index is 16.8. The summed E-state index contributed by atoms with van der Waals surface area (Å²) in [5, 5.41) is 37.5. The Morgan fingerprint density at radius 1 is 0.887 bits per heavy atom. The molecule has 12 heteroatoms. The van der Waals surface area contributed by atoms with E-state index in [-0.39, 0.29) is 42.7 Å². The zero-order valence-electron chi connectivity index (χ0n) is 38.4. The van der Waals surface area contributed by atoms with E-state index in [2.05, 4.69) is 40.9 Å². The van der Waals surface area contributed by atoms with E-state index in [1.54, 1.807) is 6.92 Å². The zero-order valence-corrected chi connectivity index (χ0v) is 38.4. The first kappa shape index (κ1) is 42.4. The highest BCUT2D eigenvalue weighted by Crippen LogP contribution is 2.82. The number of hydrogen-bond acceptors (Lipinski definition) is 12. The van der Waals surface area contributed by atoms with E-state index in [4.69, 9.17) is 28.4 Å². The van der Waals surface area contributed by atoms with Gasteiger partial charge in [0.15, 0.2) is 34.5 Å². The number of Topliss-reactive ketones (excluding diaryl/α,β-unsaturated/α-hetero) is 3. The molecule has 3 N–H and O–H groups in total. The van der Waals surface area contributed by atoms with Gasteiger partial charge in [0.2, 0.25) is 5.79 Å². The Labute approximate surface area is 365 Å². The van der Waals surface area contributed by atoms with Crippen molar-refractivity contribution in [3.63, 3.8) is 0 Å². The molecule has 6 bridgehead atoms. The van der Waals surface area contributed by atoms with Crippen LogP contribution in [-0.4, -0.2) is 92.4 Å². The van der Waals surface area contributed by atoms with Gasteiger partial charge in [-0.3, -0.25) is 14.4 Å². The molecule has 7 aliphatic carbocycles. The molecule has 0 aromatic rings. The van der Waals surface area contributed by atoms with E-state index < -0.39 is 109 Å². The molecular weight excluding hydrogens is 793 g/mol. The first-order chi connectivity index (χ1) is 28.6. The third-order valence-electron chi connectivity index (χ3n) is 19.4. The average Bonchev–Trinajstić information content (AvgIpc) is 3.22. The molecule has 0 amide bonds. The lowest BCUT2D eigenvalue weighted by Crippen LogP contribution is -2.87. The van der Waals surface area contributed by atoms with Crippen molar-refractivity contribution in [1.82, 2.24) is 0 Å². The second-order valence-corrected chi connectivity index (χ2v) is 24.5. The monoisotopic (exact) mass is 860 g/mol. The highest BCUT2D eigenvalue weighted by molar-refractivity contribution is 6.05. The highest BCUT2D eigenvalue weighted by Gasteiger charge is 2.91. The minimum Gasteiger partial charge on any atom is -0.483 e. The molecule has 11 fully saturated rings. The van der Waals surface area contributed by atoms with Gasteiger partial charge in [0.05, 0.1) is 29.6 Å². The van der Waals surface area contributed by atoms with Crippen LogP contribution in [0.5, 0.6) is 0 Å². The normalized spacial score (nSPS) is 53.6.